The third-order valence-electron chi connectivity index (χ3n) is 6.35. The number of carbonyl (C=O) groups excluding carboxylic acids is 2. The minimum absolute atomic E-state index is 0.107. The monoisotopic (exact) mass is 524 g/mol. The van der Waals surface area contributed by atoms with Crippen molar-refractivity contribution in [3.8, 4) is 22.9 Å². The maximum absolute atomic E-state index is 13.1. The Bertz CT molecular complexity index is 1450. The summed E-state index contributed by atoms with van der Waals surface area (Å²) in [6.07, 6.45) is 3.66. The topological polar surface area (TPSA) is 93.7 Å². The van der Waals surface area contributed by atoms with Crippen molar-refractivity contribution in [2.45, 2.75) is 19.9 Å². The van der Waals surface area contributed by atoms with E-state index in [0.717, 1.165) is 16.7 Å². The minimum Gasteiger partial charge on any atom is -0.493 e. The van der Waals surface area contributed by atoms with E-state index >= 15 is 0 Å². The number of rotatable bonds is 10. The molecule has 4 rings (SSSR count). The first-order valence-corrected chi connectivity index (χ1v) is 12.6. The molecule has 0 spiro atoms. The van der Waals surface area contributed by atoms with Crippen molar-refractivity contribution in [1.82, 2.24) is 20.2 Å². The highest BCUT2D eigenvalue weighted by atomic mass is 16.5. The highest BCUT2D eigenvalue weighted by Crippen LogP contribution is 2.27. The summed E-state index contributed by atoms with van der Waals surface area (Å²) < 4.78 is 10.7. The van der Waals surface area contributed by atoms with Gasteiger partial charge >= 0.3 is 0 Å². The molecule has 3 aromatic carbocycles. The van der Waals surface area contributed by atoms with Crippen molar-refractivity contribution >= 4 is 11.8 Å². The second kappa shape index (κ2) is 12.7. The van der Waals surface area contributed by atoms with Gasteiger partial charge in [0.25, 0.3) is 11.8 Å². The van der Waals surface area contributed by atoms with Crippen LogP contribution in [0.1, 0.15) is 37.4 Å². The lowest BCUT2D eigenvalue weighted by Crippen LogP contribution is -2.28. The van der Waals surface area contributed by atoms with Gasteiger partial charge in [0.15, 0.2) is 17.3 Å². The molecule has 0 aliphatic rings. The molecule has 0 aliphatic carbocycles. The number of hydrogen-bond donors (Lipinski definition) is 1. The number of carbonyl (C=O) groups is 2. The molecule has 1 N–H and O–H groups in total. The van der Waals surface area contributed by atoms with Gasteiger partial charge in [-0.05, 0) is 48.7 Å². The molecule has 0 unspecified atom stereocenters. The first kappa shape index (κ1) is 27.3. The number of aromatic nitrogens is 2. The summed E-state index contributed by atoms with van der Waals surface area (Å²) >= 11 is 0. The van der Waals surface area contributed by atoms with E-state index in [0.29, 0.717) is 53.5 Å². The quantitative estimate of drug-likeness (QED) is 0.323. The summed E-state index contributed by atoms with van der Waals surface area (Å²) in [5.74, 6) is 1.41. The normalized spacial score (nSPS) is 10.6. The van der Waals surface area contributed by atoms with Crippen molar-refractivity contribution < 1.29 is 19.1 Å². The van der Waals surface area contributed by atoms with Gasteiger partial charge in [-0.15, -0.1) is 0 Å². The molecule has 200 valence electrons. The standard InChI is InChI=1S/C31H32N4O4/c1-21-7-5-8-23(15-21)18-34-30(36)26-19-32-29(33-20-26)24-9-6-10-25(17-24)31(37)35(2)14-13-22-11-12-27(38-3)28(16-22)39-4/h5-12,15-17,19-20H,13-14,18H2,1-4H3,(H,34,36). The molecule has 0 atom stereocenters. The fourth-order valence-electron chi connectivity index (χ4n) is 4.15. The van der Waals surface area contributed by atoms with E-state index < -0.39 is 0 Å². The van der Waals surface area contributed by atoms with E-state index in [1.54, 1.807) is 44.4 Å². The number of nitrogens with zero attached hydrogens (tertiary/aromatic N) is 3. The Labute approximate surface area is 228 Å². The molecule has 8 nitrogen and oxygen atoms in total. The van der Waals surface area contributed by atoms with E-state index in [1.807, 2.05) is 55.5 Å². The smallest absolute Gasteiger partial charge is 0.254 e. The molecule has 0 fully saturated rings. The van der Waals surface area contributed by atoms with Crippen LogP contribution in [0.4, 0.5) is 0 Å². The van der Waals surface area contributed by atoms with E-state index in [9.17, 15) is 9.59 Å². The largest absolute Gasteiger partial charge is 0.493 e. The third-order valence-corrected chi connectivity index (χ3v) is 6.35. The van der Waals surface area contributed by atoms with Crippen LogP contribution in [0, 0.1) is 6.92 Å². The zero-order valence-corrected chi connectivity index (χ0v) is 22.6. The number of methoxy groups -OCH3 is 2. The van der Waals surface area contributed by atoms with Crippen LogP contribution < -0.4 is 14.8 Å². The predicted molar refractivity (Wildman–Crippen MR) is 150 cm³/mol. The molecule has 1 heterocycles. The lowest BCUT2D eigenvalue weighted by Gasteiger charge is -2.18. The van der Waals surface area contributed by atoms with Crippen LogP contribution in [0.15, 0.2) is 79.1 Å². The summed E-state index contributed by atoms with van der Waals surface area (Å²) in [5.41, 5.74) is 4.80. The van der Waals surface area contributed by atoms with E-state index in [1.165, 1.54) is 12.4 Å². The Hall–Kier alpha value is -4.72. The zero-order valence-electron chi connectivity index (χ0n) is 22.6. The highest BCUT2D eigenvalue weighted by molar-refractivity contribution is 5.95. The molecule has 1 aromatic heterocycles. The highest BCUT2D eigenvalue weighted by Gasteiger charge is 2.15. The number of likely N-dealkylation sites (N-methyl/N-ethyl adjacent to an activating group) is 1. The Morgan fingerprint density at radius 3 is 2.31 bits per heavy atom. The van der Waals surface area contributed by atoms with Crippen LogP contribution in [-0.4, -0.2) is 54.5 Å². The first-order chi connectivity index (χ1) is 18.9. The zero-order chi connectivity index (χ0) is 27.8. The van der Waals surface area contributed by atoms with Gasteiger partial charge in [-0.3, -0.25) is 9.59 Å². The van der Waals surface area contributed by atoms with Gasteiger partial charge in [0.05, 0.1) is 19.8 Å². The van der Waals surface area contributed by atoms with Crippen LogP contribution in [-0.2, 0) is 13.0 Å². The van der Waals surface area contributed by atoms with Crippen molar-refractivity contribution in [3.63, 3.8) is 0 Å². The molecular formula is C31H32N4O4. The van der Waals surface area contributed by atoms with Crippen LogP contribution in [0.3, 0.4) is 0 Å². The summed E-state index contributed by atoms with van der Waals surface area (Å²) in [6, 6.07) is 20.9. The SMILES string of the molecule is COc1ccc(CCN(C)C(=O)c2cccc(-c3ncc(C(=O)NCc4cccc(C)c4)cn3)c2)cc1OC. The average Bonchev–Trinajstić information content (AvgIpc) is 2.98. The summed E-state index contributed by atoms with van der Waals surface area (Å²) in [5, 5.41) is 2.89. The van der Waals surface area contributed by atoms with E-state index in [2.05, 4.69) is 15.3 Å². The molecule has 0 bridgehead atoms. The van der Waals surface area contributed by atoms with Gasteiger partial charge < -0.3 is 19.7 Å². The fourth-order valence-corrected chi connectivity index (χ4v) is 4.15. The van der Waals surface area contributed by atoms with Crippen LogP contribution in [0.5, 0.6) is 11.5 Å². The Kier molecular flexibility index (Phi) is 8.89. The van der Waals surface area contributed by atoms with Crippen LogP contribution in [0.2, 0.25) is 0 Å². The van der Waals surface area contributed by atoms with E-state index in [4.69, 9.17) is 9.47 Å². The third kappa shape index (κ3) is 6.98. The molecule has 0 radical (unpaired) electrons. The Morgan fingerprint density at radius 2 is 1.59 bits per heavy atom. The van der Waals surface area contributed by atoms with Gasteiger partial charge in [0, 0.05) is 43.7 Å². The Morgan fingerprint density at radius 1 is 0.846 bits per heavy atom. The lowest BCUT2D eigenvalue weighted by molar-refractivity contribution is 0.0796. The van der Waals surface area contributed by atoms with Crippen molar-refractivity contribution in [2.24, 2.45) is 0 Å². The molecule has 8 heteroatoms. The average molecular weight is 525 g/mol. The van der Waals surface area contributed by atoms with Gasteiger partial charge in [0.1, 0.15) is 0 Å². The summed E-state index contributed by atoms with van der Waals surface area (Å²) in [4.78, 5) is 36.1. The van der Waals surface area contributed by atoms with Gasteiger partial charge in [0.2, 0.25) is 0 Å². The second-order valence-electron chi connectivity index (χ2n) is 9.21. The van der Waals surface area contributed by atoms with E-state index in [-0.39, 0.29) is 11.8 Å². The van der Waals surface area contributed by atoms with Crippen molar-refractivity contribution in [1.29, 1.82) is 0 Å². The lowest BCUT2D eigenvalue weighted by atomic mass is 10.1. The molecule has 2 amide bonds. The fraction of sp³-hybridized carbons (Fsp3) is 0.226. The molecule has 0 aliphatic heterocycles. The minimum atomic E-state index is -0.247. The molecule has 4 aromatic rings. The van der Waals surface area contributed by atoms with Gasteiger partial charge in [-0.1, -0.05) is 48.0 Å². The maximum atomic E-state index is 13.1. The number of aryl methyl sites for hydroxylation is 1. The Balaban J connectivity index is 1.37. The van der Waals surface area contributed by atoms with Crippen LogP contribution in [0.25, 0.3) is 11.4 Å². The summed E-state index contributed by atoms with van der Waals surface area (Å²) in [6.45, 7) is 2.96. The molecule has 39 heavy (non-hydrogen) atoms. The predicted octanol–water partition coefficient (Wildman–Crippen LogP) is 4.71. The maximum Gasteiger partial charge on any atom is 0.254 e. The van der Waals surface area contributed by atoms with Gasteiger partial charge in [-0.2, -0.15) is 0 Å². The molecule has 0 saturated carbocycles. The number of benzene rings is 3. The number of nitrogens with one attached hydrogen (secondary N) is 1. The molecule has 0 saturated heterocycles. The second-order valence-corrected chi connectivity index (χ2v) is 9.21. The van der Waals surface area contributed by atoms with Crippen molar-refractivity contribution in [3.05, 3.63) is 107 Å². The number of hydrogen-bond acceptors (Lipinski definition) is 6. The van der Waals surface area contributed by atoms with Crippen molar-refractivity contribution in [2.75, 3.05) is 27.8 Å². The van der Waals surface area contributed by atoms with Gasteiger partial charge in [-0.25, -0.2) is 9.97 Å². The first-order valence-electron chi connectivity index (χ1n) is 12.6. The number of amides is 2. The molecular weight excluding hydrogens is 492 g/mol. The summed E-state index contributed by atoms with van der Waals surface area (Å²) in [7, 11) is 4.97. The van der Waals surface area contributed by atoms with Crippen LogP contribution >= 0.6 is 0 Å². The number of ether oxygens (including phenoxy) is 2.